The van der Waals surface area contributed by atoms with Gasteiger partial charge in [-0.05, 0) is 19.1 Å². The zero-order chi connectivity index (χ0) is 10.3. The largest absolute Gasteiger partial charge is 0.348 e. The van der Waals surface area contributed by atoms with Crippen molar-refractivity contribution >= 4 is 16.6 Å². The van der Waals surface area contributed by atoms with Crippen LogP contribution in [0.5, 0.6) is 0 Å². The molecule has 1 aromatic heterocycles. The number of non-ortho nitro benzene ring substituents is 1. The summed E-state index contributed by atoms with van der Waals surface area (Å²) < 4.78 is 2.01. The van der Waals surface area contributed by atoms with Crippen molar-refractivity contribution in [2.24, 2.45) is 7.05 Å². The van der Waals surface area contributed by atoms with Crippen LogP contribution in [-0.4, -0.2) is 9.49 Å². The number of nitrogens with zero attached hydrogens (tertiary/aromatic N) is 2. The van der Waals surface area contributed by atoms with E-state index in [4.69, 9.17) is 0 Å². The average Bonchev–Trinajstić information content (AvgIpc) is 2.42. The highest BCUT2D eigenvalue weighted by atomic mass is 16.6. The van der Waals surface area contributed by atoms with Gasteiger partial charge in [0.25, 0.3) is 5.69 Å². The Morgan fingerprint density at radius 3 is 2.71 bits per heavy atom. The molecular formula is C10H10N2O2. The van der Waals surface area contributed by atoms with Gasteiger partial charge >= 0.3 is 0 Å². The molecule has 72 valence electrons. The summed E-state index contributed by atoms with van der Waals surface area (Å²) in [5.41, 5.74) is 2.26. The van der Waals surface area contributed by atoms with Crippen molar-refractivity contribution in [2.75, 3.05) is 0 Å². The number of benzene rings is 1. The van der Waals surface area contributed by atoms with E-state index in [-0.39, 0.29) is 10.6 Å². The quantitative estimate of drug-likeness (QED) is 0.512. The van der Waals surface area contributed by atoms with Crippen molar-refractivity contribution in [2.45, 2.75) is 6.92 Å². The van der Waals surface area contributed by atoms with Gasteiger partial charge in [-0.2, -0.15) is 0 Å². The number of hydrogen-bond donors (Lipinski definition) is 0. The maximum Gasteiger partial charge on any atom is 0.270 e. The highest BCUT2D eigenvalue weighted by molar-refractivity contribution is 5.83. The third kappa shape index (κ3) is 1.16. The summed E-state index contributed by atoms with van der Waals surface area (Å²) in [6.07, 6.45) is 0. The van der Waals surface area contributed by atoms with E-state index in [1.807, 2.05) is 24.6 Å². The number of rotatable bonds is 1. The molecule has 2 rings (SSSR count). The third-order valence-electron chi connectivity index (χ3n) is 2.48. The van der Waals surface area contributed by atoms with E-state index in [1.54, 1.807) is 12.1 Å². The third-order valence-corrected chi connectivity index (χ3v) is 2.48. The Kier molecular flexibility index (Phi) is 1.77. The van der Waals surface area contributed by atoms with Crippen LogP contribution in [0.4, 0.5) is 5.69 Å². The molecule has 0 saturated heterocycles. The lowest BCUT2D eigenvalue weighted by Crippen LogP contribution is -1.90. The molecule has 0 radical (unpaired) electrons. The molecular weight excluding hydrogens is 180 g/mol. The second-order valence-electron chi connectivity index (χ2n) is 3.34. The van der Waals surface area contributed by atoms with Crippen LogP contribution in [0.3, 0.4) is 0 Å². The van der Waals surface area contributed by atoms with E-state index < -0.39 is 0 Å². The molecule has 0 N–H and O–H groups in total. The molecule has 0 spiro atoms. The summed E-state index contributed by atoms with van der Waals surface area (Å²) in [6, 6.07) is 6.85. The molecule has 2 aromatic rings. The van der Waals surface area contributed by atoms with Crippen molar-refractivity contribution in [3.8, 4) is 0 Å². The first kappa shape index (κ1) is 8.74. The highest BCUT2D eigenvalue weighted by Crippen LogP contribution is 2.23. The van der Waals surface area contributed by atoms with Gasteiger partial charge in [0.15, 0.2) is 0 Å². The maximum absolute atomic E-state index is 10.5. The van der Waals surface area contributed by atoms with E-state index in [1.165, 1.54) is 6.07 Å². The molecule has 14 heavy (non-hydrogen) atoms. The van der Waals surface area contributed by atoms with Crippen molar-refractivity contribution < 1.29 is 4.92 Å². The topological polar surface area (TPSA) is 48.1 Å². The van der Waals surface area contributed by atoms with Crippen LogP contribution in [0.1, 0.15) is 5.69 Å². The Morgan fingerprint density at radius 1 is 1.36 bits per heavy atom. The van der Waals surface area contributed by atoms with Crippen molar-refractivity contribution in [3.05, 3.63) is 40.1 Å². The Balaban J connectivity index is 2.73. The summed E-state index contributed by atoms with van der Waals surface area (Å²) >= 11 is 0. The van der Waals surface area contributed by atoms with E-state index in [0.717, 1.165) is 16.6 Å². The standard InChI is InChI=1S/C10H10N2O2/c1-7-5-8-6-9(12(13)14)3-4-10(8)11(7)2/h3-6H,1-2H3. The molecule has 0 aliphatic carbocycles. The lowest BCUT2D eigenvalue weighted by molar-refractivity contribution is -0.384. The van der Waals surface area contributed by atoms with Gasteiger partial charge < -0.3 is 4.57 Å². The molecule has 4 heteroatoms. The number of fused-ring (bicyclic) bond motifs is 1. The van der Waals surface area contributed by atoms with Gasteiger partial charge in [0.2, 0.25) is 0 Å². The number of aromatic nitrogens is 1. The van der Waals surface area contributed by atoms with Gasteiger partial charge in [0.05, 0.1) is 4.92 Å². The molecule has 0 fully saturated rings. The number of hydrogen-bond acceptors (Lipinski definition) is 2. The summed E-state index contributed by atoms with van der Waals surface area (Å²) in [7, 11) is 1.95. The van der Waals surface area contributed by atoms with Gasteiger partial charge in [-0.3, -0.25) is 10.1 Å². The molecule has 0 unspecified atom stereocenters. The van der Waals surface area contributed by atoms with Crippen molar-refractivity contribution in [1.29, 1.82) is 0 Å². The maximum atomic E-state index is 10.5. The molecule has 0 amide bonds. The van der Waals surface area contributed by atoms with Gasteiger partial charge in [-0.1, -0.05) is 0 Å². The van der Waals surface area contributed by atoms with Gasteiger partial charge in [-0.25, -0.2) is 0 Å². The van der Waals surface area contributed by atoms with Gasteiger partial charge in [0.1, 0.15) is 0 Å². The number of nitro benzene ring substituents is 1. The van der Waals surface area contributed by atoms with Crippen LogP contribution >= 0.6 is 0 Å². The zero-order valence-corrected chi connectivity index (χ0v) is 8.02. The minimum absolute atomic E-state index is 0.142. The molecule has 0 bridgehead atoms. The van der Waals surface area contributed by atoms with Crippen LogP contribution in [0, 0.1) is 17.0 Å². The summed E-state index contributed by atoms with van der Waals surface area (Å²) in [5.74, 6) is 0. The molecule has 0 aliphatic rings. The summed E-state index contributed by atoms with van der Waals surface area (Å²) in [4.78, 5) is 10.2. The monoisotopic (exact) mass is 190 g/mol. The smallest absolute Gasteiger partial charge is 0.270 e. The van der Waals surface area contributed by atoms with Gasteiger partial charge in [0, 0.05) is 35.8 Å². The Bertz CT molecular complexity index is 514. The normalized spacial score (nSPS) is 10.7. The first-order valence-corrected chi connectivity index (χ1v) is 4.30. The highest BCUT2D eigenvalue weighted by Gasteiger charge is 2.08. The van der Waals surface area contributed by atoms with Crippen molar-refractivity contribution in [3.63, 3.8) is 0 Å². The van der Waals surface area contributed by atoms with Crippen LogP contribution in [0.15, 0.2) is 24.3 Å². The molecule has 0 atom stereocenters. The second kappa shape index (κ2) is 2.83. The van der Waals surface area contributed by atoms with E-state index in [0.29, 0.717) is 0 Å². The fraction of sp³-hybridized carbons (Fsp3) is 0.200. The minimum atomic E-state index is -0.373. The summed E-state index contributed by atoms with van der Waals surface area (Å²) in [6.45, 7) is 1.98. The van der Waals surface area contributed by atoms with Crippen LogP contribution in [0.25, 0.3) is 10.9 Å². The summed E-state index contributed by atoms with van der Waals surface area (Å²) in [5, 5.41) is 11.5. The lowest BCUT2D eigenvalue weighted by Gasteiger charge is -1.97. The first-order chi connectivity index (χ1) is 6.59. The average molecular weight is 190 g/mol. The Morgan fingerprint density at radius 2 is 2.07 bits per heavy atom. The van der Waals surface area contributed by atoms with E-state index in [9.17, 15) is 10.1 Å². The minimum Gasteiger partial charge on any atom is -0.348 e. The fourth-order valence-corrected chi connectivity index (χ4v) is 1.59. The second-order valence-corrected chi connectivity index (χ2v) is 3.34. The number of nitro groups is 1. The SMILES string of the molecule is Cc1cc2cc([N+](=O)[O-])ccc2n1C. The Hall–Kier alpha value is -1.84. The molecule has 4 nitrogen and oxygen atoms in total. The molecule has 0 aliphatic heterocycles. The van der Waals surface area contributed by atoms with Crippen LogP contribution in [0.2, 0.25) is 0 Å². The first-order valence-electron chi connectivity index (χ1n) is 4.30. The fourth-order valence-electron chi connectivity index (χ4n) is 1.59. The van der Waals surface area contributed by atoms with E-state index >= 15 is 0 Å². The predicted octanol–water partition coefficient (Wildman–Crippen LogP) is 2.39. The predicted molar refractivity (Wildman–Crippen MR) is 54.3 cm³/mol. The lowest BCUT2D eigenvalue weighted by atomic mass is 10.2. The van der Waals surface area contributed by atoms with Gasteiger partial charge in [-0.15, -0.1) is 0 Å². The number of aryl methyl sites for hydroxylation is 2. The zero-order valence-electron chi connectivity index (χ0n) is 8.02. The molecule has 1 heterocycles. The van der Waals surface area contributed by atoms with Crippen LogP contribution in [-0.2, 0) is 7.05 Å². The van der Waals surface area contributed by atoms with Crippen molar-refractivity contribution in [1.82, 2.24) is 4.57 Å². The molecule has 1 aromatic carbocycles. The Labute approximate surface area is 80.9 Å². The van der Waals surface area contributed by atoms with E-state index in [2.05, 4.69) is 0 Å². The molecule has 0 saturated carbocycles. The van der Waals surface area contributed by atoms with Crippen LogP contribution < -0.4 is 0 Å².